The summed E-state index contributed by atoms with van der Waals surface area (Å²) in [5.41, 5.74) is 2.09. The molecule has 5 nitrogen and oxygen atoms in total. The van der Waals surface area contributed by atoms with Crippen LogP contribution >= 0.6 is 11.3 Å². The third-order valence-electron chi connectivity index (χ3n) is 4.23. The number of nitrogens with zero attached hydrogens (tertiary/aromatic N) is 2. The summed E-state index contributed by atoms with van der Waals surface area (Å²) in [6.45, 7) is 3.91. The van der Waals surface area contributed by atoms with Crippen molar-refractivity contribution in [2.45, 2.75) is 26.3 Å². The van der Waals surface area contributed by atoms with Crippen LogP contribution in [0.4, 0.5) is 5.82 Å². The molecule has 2 heterocycles. The molecule has 0 aliphatic heterocycles. The fourth-order valence-electron chi connectivity index (χ4n) is 2.65. The summed E-state index contributed by atoms with van der Waals surface area (Å²) in [4.78, 5) is 21.1. The first-order valence-corrected chi connectivity index (χ1v) is 8.76. The molecular formula is C18H19N3O2S. The van der Waals surface area contributed by atoms with Gasteiger partial charge in [-0.2, -0.15) is 0 Å². The number of anilines is 1. The van der Waals surface area contributed by atoms with Crippen LogP contribution in [0, 0.1) is 5.92 Å². The van der Waals surface area contributed by atoms with E-state index in [1.54, 1.807) is 0 Å². The van der Waals surface area contributed by atoms with E-state index in [4.69, 9.17) is 0 Å². The summed E-state index contributed by atoms with van der Waals surface area (Å²) in [5, 5.41) is 15.6. The van der Waals surface area contributed by atoms with Gasteiger partial charge in [-0.05, 0) is 11.5 Å². The number of nitrogens with one attached hydrogen (secondary N) is 1. The zero-order valence-corrected chi connectivity index (χ0v) is 14.4. The van der Waals surface area contributed by atoms with Crippen LogP contribution in [-0.2, 0) is 4.79 Å². The van der Waals surface area contributed by atoms with E-state index < -0.39 is 12.0 Å². The lowest BCUT2D eigenvalue weighted by molar-refractivity contribution is -0.139. The highest BCUT2D eigenvalue weighted by Gasteiger charge is 2.25. The largest absolute Gasteiger partial charge is 0.480 e. The monoisotopic (exact) mass is 341 g/mol. The number of carbonyl (C=O) groups is 1. The first-order valence-electron chi connectivity index (χ1n) is 7.88. The number of hydrogen-bond acceptors (Lipinski definition) is 5. The molecule has 3 aromatic rings. The number of rotatable bonds is 6. The molecule has 0 spiro atoms. The molecule has 0 saturated carbocycles. The molecule has 0 radical (unpaired) electrons. The summed E-state index contributed by atoms with van der Waals surface area (Å²) in [5.74, 6) is -0.299. The van der Waals surface area contributed by atoms with E-state index in [0.29, 0.717) is 5.82 Å². The Balaban J connectivity index is 2.08. The van der Waals surface area contributed by atoms with Gasteiger partial charge in [-0.1, -0.05) is 50.6 Å². The molecule has 2 N–H and O–H groups in total. The van der Waals surface area contributed by atoms with Gasteiger partial charge in [-0.25, -0.2) is 14.8 Å². The van der Waals surface area contributed by atoms with Crippen LogP contribution in [0.5, 0.6) is 0 Å². The van der Waals surface area contributed by atoms with Crippen LogP contribution in [0.15, 0.2) is 42.0 Å². The van der Waals surface area contributed by atoms with Crippen molar-refractivity contribution in [1.29, 1.82) is 0 Å². The molecule has 1 aromatic carbocycles. The number of benzene rings is 1. The number of thiophene rings is 1. The predicted octanol–water partition coefficient (Wildman–Crippen LogP) is 4.27. The molecular weight excluding hydrogens is 322 g/mol. The molecule has 6 heteroatoms. The molecule has 3 rings (SSSR count). The van der Waals surface area contributed by atoms with E-state index in [-0.39, 0.29) is 5.92 Å². The Kier molecular flexibility index (Phi) is 4.76. The van der Waals surface area contributed by atoms with Crippen LogP contribution in [0.1, 0.15) is 20.3 Å². The Morgan fingerprint density at radius 3 is 2.71 bits per heavy atom. The number of aromatic nitrogens is 2. The Morgan fingerprint density at radius 2 is 2.04 bits per heavy atom. The smallest absolute Gasteiger partial charge is 0.326 e. The molecule has 0 aliphatic rings. The molecule has 2 atom stereocenters. The van der Waals surface area contributed by atoms with Crippen LogP contribution in [0.2, 0.25) is 0 Å². The zero-order chi connectivity index (χ0) is 17.1. The van der Waals surface area contributed by atoms with Gasteiger partial charge < -0.3 is 10.4 Å². The van der Waals surface area contributed by atoms with Gasteiger partial charge in [0.1, 0.15) is 23.0 Å². The lowest BCUT2D eigenvalue weighted by Gasteiger charge is -2.21. The molecule has 0 bridgehead atoms. The minimum absolute atomic E-state index is 0.00803. The van der Waals surface area contributed by atoms with E-state index in [0.717, 1.165) is 27.8 Å². The van der Waals surface area contributed by atoms with Gasteiger partial charge in [0, 0.05) is 10.9 Å². The average Bonchev–Trinajstić information content (AvgIpc) is 3.04. The normalized spacial score (nSPS) is 13.6. The summed E-state index contributed by atoms with van der Waals surface area (Å²) >= 11 is 1.53. The Bertz CT molecular complexity index is 848. The maximum absolute atomic E-state index is 11.6. The third-order valence-corrected chi connectivity index (χ3v) is 5.11. The first-order chi connectivity index (χ1) is 11.6. The molecule has 0 saturated heterocycles. The Morgan fingerprint density at radius 1 is 1.29 bits per heavy atom. The third kappa shape index (κ3) is 3.10. The maximum atomic E-state index is 11.6. The van der Waals surface area contributed by atoms with Gasteiger partial charge in [-0.15, -0.1) is 11.3 Å². The van der Waals surface area contributed by atoms with Crippen molar-refractivity contribution in [2.24, 2.45) is 5.92 Å². The summed E-state index contributed by atoms with van der Waals surface area (Å²) < 4.78 is 0. The van der Waals surface area contributed by atoms with Crippen LogP contribution in [0.3, 0.4) is 0 Å². The lowest BCUT2D eigenvalue weighted by Crippen LogP contribution is -2.35. The van der Waals surface area contributed by atoms with Crippen molar-refractivity contribution in [1.82, 2.24) is 9.97 Å². The second-order valence-corrected chi connectivity index (χ2v) is 6.62. The second kappa shape index (κ2) is 6.97. The summed E-state index contributed by atoms with van der Waals surface area (Å²) in [7, 11) is 0. The maximum Gasteiger partial charge on any atom is 0.326 e. The number of fused-ring (bicyclic) bond motifs is 1. The topological polar surface area (TPSA) is 75.1 Å². The number of hydrogen-bond donors (Lipinski definition) is 2. The van der Waals surface area contributed by atoms with Crippen LogP contribution in [-0.4, -0.2) is 27.1 Å². The number of carboxylic acids is 1. The molecule has 2 aromatic heterocycles. The lowest BCUT2D eigenvalue weighted by atomic mass is 9.99. The Labute approximate surface area is 144 Å². The fourth-order valence-corrected chi connectivity index (χ4v) is 3.56. The second-order valence-electron chi connectivity index (χ2n) is 5.76. The molecule has 124 valence electrons. The van der Waals surface area contributed by atoms with Crippen molar-refractivity contribution in [2.75, 3.05) is 5.32 Å². The standard InChI is InChI=1S/C18H19N3O2S/c1-3-11(2)15(18(22)23)21-16-14-13(12-7-5-4-6-8-12)9-24-17(14)20-10-19-16/h4-11,15H,3H2,1-2H3,(H,22,23)(H,19,20,21)/t11-,15-/m0/s1. The fraction of sp³-hybridized carbons (Fsp3) is 0.278. The number of aliphatic carboxylic acids is 1. The molecule has 0 fully saturated rings. The predicted molar refractivity (Wildman–Crippen MR) is 97.4 cm³/mol. The van der Waals surface area contributed by atoms with E-state index in [1.807, 2.05) is 49.6 Å². The molecule has 24 heavy (non-hydrogen) atoms. The van der Waals surface area contributed by atoms with Crippen molar-refractivity contribution >= 4 is 33.3 Å². The zero-order valence-electron chi connectivity index (χ0n) is 13.6. The van der Waals surface area contributed by atoms with Gasteiger partial charge in [0.2, 0.25) is 0 Å². The van der Waals surface area contributed by atoms with E-state index in [1.165, 1.54) is 17.7 Å². The van der Waals surface area contributed by atoms with E-state index in [9.17, 15) is 9.90 Å². The first kappa shape index (κ1) is 16.4. The number of carboxylic acid groups (broad SMARTS) is 1. The van der Waals surface area contributed by atoms with Gasteiger partial charge in [-0.3, -0.25) is 0 Å². The summed E-state index contributed by atoms with van der Waals surface area (Å²) in [6, 6.07) is 9.31. The Hall–Kier alpha value is -2.47. The van der Waals surface area contributed by atoms with Gasteiger partial charge in [0.15, 0.2) is 0 Å². The minimum Gasteiger partial charge on any atom is -0.480 e. The van der Waals surface area contributed by atoms with Crippen LogP contribution in [0.25, 0.3) is 21.3 Å². The minimum atomic E-state index is -0.868. The van der Waals surface area contributed by atoms with Crippen molar-refractivity contribution in [3.63, 3.8) is 0 Å². The highest BCUT2D eigenvalue weighted by atomic mass is 32.1. The van der Waals surface area contributed by atoms with E-state index in [2.05, 4.69) is 15.3 Å². The van der Waals surface area contributed by atoms with Crippen molar-refractivity contribution in [3.05, 3.63) is 42.0 Å². The van der Waals surface area contributed by atoms with Crippen molar-refractivity contribution in [3.8, 4) is 11.1 Å². The molecule has 0 aliphatic carbocycles. The summed E-state index contributed by atoms with van der Waals surface area (Å²) in [6.07, 6.45) is 2.25. The van der Waals surface area contributed by atoms with Gasteiger partial charge in [0.05, 0.1) is 5.39 Å². The quantitative estimate of drug-likeness (QED) is 0.700. The van der Waals surface area contributed by atoms with Crippen LogP contribution < -0.4 is 5.32 Å². The van der Waals surface area contributed by atoms with Gasteiger partial charge >= 0.3 is 5.97 Å². The van der Waals surface area contributed by atoms with E-state index >= 15 is 0 Å². The average molecular weight is 341 g/mol. The SMILES string of the molecule is CC[C@H](C)[C@H](Nc1ncnc2scc(-c3ccccc3)c12)C(=O)O. The highest BCUT2D eigenvalue weighted by Crippen LogP contribution is 2.36. The highest BCUT2D eigenvalue weighted by molar-refractivity contribution is 7.17. The molecule has 0 amide bonds. The molecule has 0 unspecified atom stereocenters. The van der Waals surface area contributed by atoms with Gasteiger partial charge in [0.25, 0.3) is 0 Å². The van der Waals surface area contributed by atoms with Crippen molar-refractivity contribution < 1.29 is 9.90 Å².